The Kier molecular flexibility index (Phi) is 3.39. The van der Waals surface area contributed by atoms with E-state index in [-0.39, 0.29) is 0 Å². The molecule has 0 fully saturated rings. The molecule has 0 saturated carbocycles. The minimum Gasteiger partial charge on any atom is -0.478 e. The third-order valence-electron chi connectivity index (χ3n) is 2.16. The van der Waals surface area contributed by atoms with Gasteiger partial charge in [-0.1, -0.05) is 0 Å². The number of carboxylic acids is 1. The molecule has 17 heavy (non-hydrogen) atoms. The third-order valence-corrected chi connectivity index (χ3v) is 2.16. The predicted octanol–water partition coefficient (Wildman–Crippen LogP) is 1.73. The molecule has 1 rings (SSSR count). The molecule has 7 heteroatoms. The van der Waals surface area contributed by atoms with Crippen molar-refractivity contribution in [2.24, 2.45) is 5.73 Å². The minimum atomic E-state index is -4.67. The van der Waals surface area contributed by atoms with E-state index < -0.39 is 40.9 Å². The van der Waals surface area contributed by atoms with Crippen molar-refractivity contribution in [1.29, 1.82) is 5.26 Å². The number of nitrogens with two attached hydrogens (primary N) is 1. The molecule has 0 unspecified atom stereocenters. The van der Waals surface area contributed by atoms with Crippen LogP contribution in [0.2, 0.25) is 0 Å². The van der Waals surface area contributed by atoms with Crippen LogP contribution >= 0.6 is 0 Å². The average molecular weight is 244 g/mol. The Hall–Kier alpha value is -2.07. The van der Waals surface area contributed by atoms with E-state index in [2.05, 4.69) is 0 Å². The molecular weight excluding hydrogens is 237 g/mol. The molecule has 0 aliphatic rings. The van der Waals surface area contributed by atoms with Gasteiger partial charge in [0, 0.05) is 6.54 Å². The van der Waals surface area contributed by atoms with Crippen LogP contribution in [0.3, 0.4) is 0 Å². The summed E-state index contributed by atoms with van der Waals surface area (Å²) in [6.45, 7) is -0.557. The lowest BCUT2D eigenvalue weighted by atomic mass is 9.96. The van der Waals surface area contributed by atoms with E-state index in [0.29, 0.717) is 6.07 Å². The zero-order chi connectivity index (χ0) is 13.2. The first-order valence-electron chi connectivity index (χ1n) is 4.39. The number of hydrogen-bond donors (Lipinski definition) is 2. The number of aromatic carboxylic acids is 1. The molecule has 0 atom stereocenters. The number of alkyl halides is 3. The van der Waals surface area contributed by atoms with E-state index in [1.807, 2.05) is 0 Å². The van der Waals surface area contributed by atoms with Crippen LogP contribution in [0.1, 0.15) is 27.0 Å². The van der Waals surface area contributed by atoms with Crippen molar-refractivity contribution in [2.45, 2.75) is 12.7 Å². The molecule has 1 aromatic carbocycles. The smallest absolute Gasteiger partial charge is 0.416 e. The van der Waals surface area contributed by atoms with Gasteiger partial charge in [-0.15, -0.1) is 0 Å². The van der Waals surface area contributed by atoms with E-state index in [1.165, 1.54) is 6.07 Å². The van der Waals surface area contributed by atoms with E-state index in [4.69, 9.17) is 16.1 Å². The number of carbonyl (C=O) groups is 1. The number of nitriles is 1. The molecule has 0 heterocycles. The quantitative estimate of drug-likeness (QED) is 0.829. The second-order valence-electron chi connectivity index (χ2n) is 3.13. The summed E-state index contributed by atoms with van der Waals surface area (Å²) in [5.41, 5.74) is 2.54. The molecule has 0 amide bonds. The van der Waals surface area contributed by atoms with Crippen molar-refractivity contribution in [2.75, 3.05) is 0 Å². The maximum Gasteiger partial charge on any atom is 0.416 e. The normalized spacial score (nSPS) is 11.0. The lowest BCUT2D eigenvalue weighted by Crippen LogP contribution is -2.16. The monoisotopic (exact) mass is 244 g/mol. The van der Waals surface area contributed by atoms with E-state index in [9.17, 15) is 18.0 Å². The Morgan fingerprint density at radius 3 is 2.41 bits per heavy atom. The number of hydrogen-bond acceptors (Lipinski definition) is 3. The highest BCUT2D eigenvalue weighted by molar-refractivity contribution is 5.91. The second-order valence-corrected chi connectivity index (χ2v) is 3.13. The van der Waals surface area contributed by atoms with Crippen LogP contribution in [-0.4, -0.2) is 11.1 Å². The van der Waals surface area contributed by atoms with Gasteiger partial charge in [-0.05, 0) is 17.7 Å². The predicted molar refractivity (Wildman–Crippen MR) is 51.0 cm³/mol. The van der Waals surface area contributed by atoms with Crippen molar-refractivity contribution in [3.8, 4) is 6.07 Å². The molecule has 0 aliphatic heterocycles. The van der Waals surface area contributed by atoms with Gasteiger partial charge in [0.15, 0.2) is 0 Å². The minimum absolute atomic E-state index is 0.485. The van der Waals surface area contributed by atoms with E-state index in [0.717, 1.165) is 6.07 Å². The lowest BCUT2D eigenvalue weighted by molar-refractivity contribution is -0.138. The van der Waals surface area contributed by atoms with Crippen LogP contribution in [0, 0.1) is 11.3 Å². The Balaban J connectivity index is 3.62. The van der Waals surface area contributed by atoms with Gasteiger partial charge in [0.1, 0.15) is 6.07 Å². The number of benzene rings is 1. The van der Waals surface area contributed by atoms with Crippen molar-refractivity contribution in [3.63, 3.8) is 0 Å². The summed E-state index contributed by atoms with van der Waals surface area (Å²) in [5.74, 6) is -1.47. The maximum atomic E-state index is 12.6. The molecule has 0 radical (unpaired) electrons. The molecule has 0 aromatic heterocycles. The first kappa shape index (κ1) is 13.0. The van der Waals surface area contributed by atoms with Gasteiger partial charge in [0.2, 0.25) is 0 Å². The van der Waals surface area contributed by atoms with E-state index >= 15 is 0 Å². The van der Waals surface area contributed by atoms with Crippen LogP contribution in [0.15, 0.2) is 12.1 Å². The molecule has 90 valence electrons. The fraction of sp³-hybridized carbons (Fsp3) is 0.200. The van der Waals surface area contributed by atoms with Gasteiger partial charge in [0.25, 0.3) is 0 Å². The SMILES string of the molecule is N#Cc1c(C(=O)O)ccc(C(F)(F)F)c1CN. The number of nitrogens with zero attached hydrogens (tertiary/aromatic N) is 1. The number of halogens is 3. The van der Waals surface area contributed by atoms with Gasteiger partial charge in [-0.3, -0.25) is 0 Å². The van der Waals surface area contributed by atoms with Crippen LogP contribution in [0.5, 0.6) is 0 Å². The van der Waals surface area contributed by atoms with E-state index in [1.54, 1.807) is 0 Å². The van der Waals surface area contributed by atoms with Crippen LogP contribution in [-0.2, 0) is 12.7 Å². The molecule has 0 saturated heterocycles. The van der Waals surface area contributed by atoms with Gasteiger partial charge in [0.05, 0.1) is 16.7 Å². The summed E-state index contributed by atoms with van der Waals surface area (Å²) in [6, 6.07) is 2.82. The highest BCUT2D eigenvalue weighted by Gasteiger charge is 2.35. The Morgan fingerprint density at radius 2 is 2.06 bits per heavy atom. The van der Waals surface area contributed by atoms with Crippen molar-refractivity contribution >= 4 is 5.97 Å². The van der Waals surface area contributed by atoms with Crippen LogP contribution in [0.25, 0.3) is 0 Å². The summed E-state index contributed by atoms with van der Waals surface area (Å²) >= 11 is 0. The van der Waals surface area contributed by atoms with Crippen LogP contribution in [0.4, 0.5) is 13.2 Å². The van der Waals surface area contributed by atoms with Gasteiger partial charge >= 0.3 is 12.1 Å². The highest BCUT2D eigenvalue weighted by atomic mass is 19.4. The fourth-order valence-electron chi connectivity index (χ4n) is 1.43. The zero-order valence-electron chi connectivity index (χ0n) is 8.38. The molecule has 0 aliphatic carbocycles. The molecule has 0 spiro atoms. The summed E-state index contributed by atoms with van der Waals surface area (Å²) in [6.07, 6.45) is -4.67. The Labute approximate surface area is 94.1 Å². The van der Waals surface area contributed by atoms with Crippen molar-refractivity contribution < 1.29 is 23.1 Å². The summed E-state index contributed by atoms with van der Waals surface area (Å²) in [5, 5.41) is 17.5. The van der Waals surface area contributed by atoms with Gasteiger partial charge in [-0.25, -0.2) is 4.79 Å². The molecule has 3 N–H and O–H groups in total. The highest BCUT2D eigenvalue weighted by Crippen LogP contribution is 2.34. The first-order valence-corrected chi connectivity index (χ1v) is 4.39. The largest absolute Gasteiger partial charge is 0.478 e. The van der Waals surface area contributed by atoms with Crippen LogP contribution < -0.4 is 5.73 Å². The van der Waals surface area contributed by atoms with Crippen molar-refractivity contribution in [3.05, 3.63) is 34.4 Å². The standard InChI is InChI=1S/C10H7F3N2O2/c11-10(12,13)8-2-1-5(9(16)17)6(3-14)7(8)4-15/h1-2H,4,15H2,(H,16,17). The Bertz CT molecular complexity index is 503. The summed E-state index contributed by atoms with van der Waals surface area (Å²) in [4.78, 5) is 10.7. The number of carboxylic acid groups (broad SMARTS) is 1. The molecule has 0 bridgehead atoms. The van der Waals surface area contributed by atoms with Crippen molar-refractivity contribution in [1.82, 2.24) is 0 Å². The molecule has 4 nitrogen and oxygen atoms in total. The zero-order valence-corrected chi connectivity index (χ0v) is 8.38. The fourth-order valence-corrected chi connectivity index (χ4v) is 1.43. The second kappa shape index (κ2) is 4.43. The summed E-state index contributed by atoms with van der Waals surface area (Å²) < 4.78 is 37.7. The summed E-state index contributed by atoms with van der Waals surface area (Å²) in [7, 11) is 0. The Morgan fingerprint density at radius 1 is 1.47 bits per heavy atom. The number of rotatable bonds is 2. The first-order chi connectivity index (χ1) is 7.82. The van der Waals surface area contributed by atoms with Gasteiger partial charge < -0.3 is 10.8 Å². The molecule has 1 aromatic rings. The topological polar surface area (TPSA) is 87.1 Å². The average Bonchev–Trinajstić information content (AvgIpc) is 2.25. The molecular formula is C10H7F3N2O2. The third kappa shape index (κ3) is 2.37. The lowest BCUT2D eigenvalue weighted by Gasteiger charge is -2.14. The van der Waals surface area contributed by atoms with Gasteiger partial charge in [-0.2, -0.15) is 18.4 Å². The maximum absolute atomic E-state index is 12.6.